The van der Waals surface area contributed by atoms with E-state index in [0.717, 1.165) is 11.3 Å². The van der Waals surface area contributed by atoms with Crippen LogP contribution in [-0.4, -0.2) is 25.7 Å². The molecule has 6 nitrogen and oxygen atoms in total. The maximum Gasteiger partial charge on any atom is 0.255 e. The average molecular weight is 350 g/mol. The normalized spacial score (nSPS) is 10.8. The first-order chi connectivity index (χ1) is 12.2. The molecule has 2 aromatic carbocycles. The minimum Gasteiger partial charge on any atom is -0.322 e. The highest BCUT2D eigenvalue weighted by Gasteiger charge is 2.08. The Balaban J connectivity index is 1.60. The van der Waals surface area contributed by atoms with Gasteiger partial charge in [0.25, 0.3) is 5.91 Å². The molecular weight excluding hydrogens is 338 g/mol. The first-order valence-corrected chi connectivity index (χ1v) is 7.91. The number of carbonyl (C=O) groups excluding carboxylic acids is 1. The van der Waals surface area contributed by atoms with Crippen LogP contribution in [0.2, 0.25) is 5.02 Å². The van der Waals surface area contributed by atoms with Gasteiger partial charge in [-0.3, -0.25) is 4.79 Å². The Bertz CT molecular complexity index is 1060. The minimum atomic E-state index is -0.198. The van der Waals surface area contributed by atoms with Crippen LogP contribution in [0.15, 0.2) is 67.0 Å². The fraction of sp³-hybridized carbons (Fsp3) is 0. The van der Waals surface area contributed by atoms with Crippen molar-refractivity contribution >= 4 is 28.8 Å². The Morgan fingerprint density at radius 3 is 2.72 bits per heavy atom. The van der Waals surface area contributed by atoms with Gasteiger partial charge in [-0.1, -0.05) is 23.7 Å². The van der Waals surface area contributed by atoms with Crippen molar-refractivity contribution in [3.8, 4) is 11.3 Å². The van der Waals surface area contributed by atoms with Crippen molar-refractivity contribution < 1.29 is 4.79 Å². The molecular formula is C18H12ClN5O. The van der Waals surface area contributed by atoms with E-state index in [1.165, 1.54) is 0 Å². The fourth-order valence-electron chi connectivity index (χ4n) is 2.44. The first-order valence-electron chi connectivity index (χ1n) is 7.53. The van der Waals surface area contributed by atoms with Gasteiger partial charge >= 0.3 is 0 Å². The highest BCUT2D eigenvalue weighted by atomic mass is 35.5. The molecule has 122 valence electrons. The van der Waals surface area contributed by atoms with Gasteiger partial charge in [0.2, 0.25) is 0 Å². The fourth-order valence-corrected chi connectivity index (χ4v) is 2.57. The Labute approximate surface area is 148 Å². The molecule has 7 heteroatoms. The van der Waals surface area contributed by atoms with E-state index in [0.29, 0.717) is 21.9 Å². The molecule has 25 heavy (non-hydrogen) atoms. The van der Waals surface area contributed by atoms with Crippen LogP contribution in [0, 0.1) is 0 Å². The number of fused-ring (bicyclic) bond motifs is 1. The van der Waals surface area contributed by atoms with Gasteiger partial charge in [0.05, 0.1) is 5.69 Å². The molecule has 1 N–H and O–H groups in total. The van der Waals surface area contributed by atoms with Crippen LogP contribution in [0.4, 0.5) is 5.69 Å². The molecule has 0 saturated heterocycles. The summed E-state index contributed by atoms with van der Waals surface area (Å²) in [6, 6.07) is 17.9. The third-order valence-electron chi connectivity index (χ3n) is 3.68. The summed E-state index contributed by atoms with van der Waals surface area (Å²) in [6.07, 6.45) is 1.55. The van der Waals surface area contributed by atoms with E-state index < -0.39 is 0 Å². The van der Waals surface area contributed by atoms with Crippen molar-refractivity contribution in [2.24, 2.45) is 0 Å². The number of amides is 1. The zero-order valence-corrected chi connectivity index (χ0v) is 13.7. The zero-order chi connectivity index (χ0) is 17.2. The summed E-state index contributed by atoms with van der Waals surface area (Å²) in [6.45, 7) is 0. The Kier molecular flexibility index (Phi) is 3.87. The topological polar surface area (TPSA) is 72.2 Å². The van der Waals surface area contributed by atoms with Crippen LogP contribution in [0.3, 0.4) is 0 Å². The zero-order valence-electron chi connectivity index (χ0n) is 12.9. The Morgan fingerprint density at radius 1 is 1.04 bits per heavy atom. The summed E-state index contributed by atoms with van der Waals surface area (Å²) in [5.74, 6) is -0.198. The van der Waals surface area contributed by atoms with Gasteiger partial charge in [0.15, 0.2) is 5.65 Å². The molecule has 0 unspecified atom stereocenters. The predicted octanol–water partition coefficient (Wildman–Crippen LogP) is 3.70. The number of rotatable bonds is 3. The Hall–Kier alpha value is -3.25. The van der Waals surface area contributed by atoms with E-state index >= 15 is 0 Å². The quantitative estimate of drug-likeness (QED) is 0.612. The van der Waals surface area contributed by atoms with Crippen LogP contribution in [-0.2, 0) is 0 Å². The van der Waals surface area contributed by atoms with E-state index in [1.807, 2.05) is 36.4 Å². The minimum absolute atomic E-state index is 0.198. The lowest BCUT2D eigenvalue weighted by molar-refractivity contribution is 0.102. The summed E-state index contributed by atoms with van der Waals surface area (Å²) >= 11 is 5.85. The molecule has 0 aliphatic rings. The van der Waals surface area contributed by atoms with Gasteiger partial charge in [0, 0.05) is 21.8 Å². The highest BCUT2D eigenvalue weighted by Crippen LogP contribution is 2.21. The standard InChI is InChI=1S/C18H12ClN5O/c19-14-6-4-12(5-7-14)18(25)21-15-3-1-2-13(10-15)16-8-9-17-22-20-11-24(17)23-16/h1-11H,(H,21,25). The lowest BCUT2D eigenvalue weighted by Gasteiger charge is -2.08. The number of aromatic nitrogens is 4. The second kappa shape index (κ2) is 6.33. The van der Waals surface area contributed by atoms with Crippen molar-refractivity contribution in [3.05, 3.63) is 77.6 Å². The van der Waals surface area contributed by atoms with Gasteiger partial charge in [-0.25, -0.2) is 0 Å². The van der Waals surface area contributed by atoms with Gasteiger partial charge in [-0.05, 0) is 48.5 Å². The molecule has 4 rings (SSSR count). The molecule has 0 atom stereocenters. The maximum atomic E-state index is 12.3. The first kappa shape index (κ1) is 15.3. The number of hydrogen-bond acceptors (Lipinski definition) is 4. The van der Waals surface area contributed by atoms with Crippen molar-refractivity contribution in [2.75, 3.05) is 5.32 Å². The Morgan fingerprint density at radius 2 is 1.88 bits per heavy atom. The SMILES string of the molecule is O=C(Nc1cccc(-c2ccc3nncn3n2)c1)c1ccc(Cl)cc1. The van der Waals surface area contributed by atoms with Crippen LogP contribution in [0.5, 0.6) is 0 Å². The van der Waals surface area contributed by atoms with Crippen molar-refractivity contribution in [1.82, 2.24) is 19.8 Å². The summed E-state index contributed by atoms with van der Waals surface area (Å²) in [7, 11) is 0. The molecule has 0 spiro atoms. The molecule has 0 aliphatic heterocycles. The van der Waals surface area contributed by atoms with E-state index in [-0.39, 0.29) is 5.91 Å². The lowest BCUT2D eigenvalue weighted by Crippen LogP contribution is -2.11. The second-order valence-corrected chi connectivity index (χ2v) is 5.83. The molecule has 2 aromatic heterocycles. The van der Waals surface area contributed by atoms with E-state index in [2.05, 4.69) is 20.6 Å². The summed E-state index contributed by atoms with van der Waals surface area (Å²) in [4.78, 5) is 12.3. The van der Waals surface area contributed by atoms with E-state index in [4.69, 9.17) is 11.6 Å². The third-order valence-corrected chi connectivity index (χ3v) is 3.94. The number of hydrogen-bond donors (Lipinski definition) is 1. The number of anilines is 1. The summed E-state index contributed by atoms with van der Waals surface area (Å²) in [5, 5.41) is 15.7. The van der Waals surface area contributed by atoms with E-state index in [9.17, 15) is 4.79 Å². The van der Waals surface area contributed by atoms with Crippen molar-refractivity contribution in [1.29, 1.82) is 0 Å². The molecule has 0 fully saturated rings. The molecule has 0 aliphatic carbocycles. The number of carbonyl (C=O) groups is 1. The highest BCUT2D eigenvalue weighted by molar-refractivity contribution is 6.30. The van der Waals surface area contributed by atoms with Crippen LogP contribution in [0.1, 0.15) is 10.4 Å². The number of benzene rings is 2. The summed E-state index contributed by atoms with van der Waals surface area (Å²) < 4.78 is 1.61. The molecule has 1 amide bonds. The third kappa shape index (κ3) is 3.20. The number of halogens is 1. The van der Waals surface area contributed by atoms with Crippen LogP contribution < -0.4 is 5.32 Å². The van der Waals surface area contributed by atoms with Crippen molar-refractivity contribution in [2.45, 2.75) is 0 Å². The number of nitrogens with zero attached hydrogens (tertiary/aromatic N) is 4. The van der Waals surface area contributed by atoms with E-state index in [1.54, 1.807) is 35.1 Å². The molecule has 0 bridgehead atoms. The summed E-state index contributed by atoms with van der Waals surface area (Å²) in [5.41, 5.74) is 3.54. The number of nitrogens with one attached hydrogen (secondary N) is 1. The predicted molar refractivity (Wildman–Crippen MR) is 95.6 cm³/mol. The van der Waals surface area contributed by atoms with Gasteiger partial charge < -0.3 is 5.32 Å². The molecule has 4 aromatic rings. The molecule has 0 radical (unpaired) electrons. The molecule has 0 saturated carbocycles. The second-order valence-electron chi connectivity index (χ2n) is 5.39. The van der Waals surface area contributed by atoms with Crippen molar-refractivity contribution in [3.63, 3.8) is 0 Å². The molecule has 2 heterocycles. The van der Waals surface area contributed by atoms with Gasteiger partial charge in [-0.15, -0.1) is 10.2 Å². The van der Waals surface area contributed by atoms with Gasteiger partial charge in [-0.2, -0.15) is 9.61 Å². The smallest absolute Gasteiger partial charge is 0.255 e. The van der Waals surface area contributed by atoms with Crippen LogP contribution in [0.25, 0.3) is 16.9 Å². The monoisotopic (exact) mass is 349 g/mol. The van der Waals surface area contributed by atoms with Crippen LogP contribution >= 0.6 is 11.6 Å². The average Bonchev–Trinajstić information content (AvgIpc) is 3.10. The maximum absolute atomic E-state index is 12.3. The van der Waals surface area contributed by atoms with Gasteiger partial charge in [0.1, 0.15) is 6.33 Å². The lowest BCUT2D eigenvalue weighted by atomic mass is 10.1. The largest absolute Gasteiger partial charge is 0.322 e.